The van der Waals surface area contributed by atoms with Crippen molar-refractivity contribution < 1.29 is 0 Å². The molecule has 0 aliphatic rings. The fourth-order valence-corrected chi connectivity index (χ4v) is 1.51. The molecule has 0 aromatic heterocycles. The first-order chi connectivity index (χ1) is 8.88. The second-order valence-corrected chi connectivity index (χ2v) is 3.75. The second kappa shape index (κ2) is 6.21. The van der Waals surface area contributed by atoms with Crippen molar-refractivity contribution in [2.75, 3.05) is 5.32 Å². The van der Waals surface area contributed by atoms with Gasteiger partial charge in [0.2, 0.25) is 5.84 Å². The highest BCUT2D eigenvalue weighted by atomic mass is 15.0. The Bertz CT molecular complexity index is 553. The predicted molar refractivity (Wildman–Crippen MR) is 73.3 cm³/mol. The van der Waals surface area contributed by atoms with Gasteiger partial charge in [-0.1, -0.05) is 48.5 Å². The molecule has 0 spiro atoms. The van der Waals surface area contributed by atoms with E-state index in [2.05, 4.69) is 16.4 Å². The van der Waals surface area contributed by atoms with Crippen molar-refractivity contribution in [3.63, 3.8) is 0 Å². The molecular weight excluding hydrogens is 222 g/mol. The summed E-state index contributed by atoms with van der Waals surface area (Å²) in [5, 5.41) is 12.0. The van der Waals surface area contributed by atoms with E-state index >= 15 is 0 Å². The molecule has 0 aliphatic heterocycles. The number of nitrogens with zero attached hydrogens (tertiary/aromatic N) is 2. The van der Waals surface area contributed by atoms with E-state index in [1.165, 1.54) is 0 Å². The third-order valence-corrected chi connectivity index (χ3v) is 2.40. The van der Waals surface area contributed by atoms with Gasteiger partial charge in [-0.2, -0.15) is 5.26 Å². The van der Waals surface area contributed by atoms with Crippen LogP contribution in [0.4, 0.5) is 5.69 Å². The van der Waals surface area contributed by atoms with Gasteiger partial charge in [-0.15, -0.1) is 0 Å². The molecule has 2 aromatic rings. The molecule has 3 heteroatoms. The van der Waals surface area contributed by atoms with Crippen LogP contribution in [0.25, 0.3) is 0 Å². The molecule has 0 fully saturated rings. The Kier molecular flexibility index (Phi) is 4.10. The third kappa shape index (κ3) is 3.46. The smallest absolute Gasteiger partial charge is 0.206 e. The Morgan fingerprint density at radius 3 is 2.22 bits per heavy atom. The van der Waals surface area contributed by atoms with Gasteiger partial charge in [0.1, 0.15) is 6.07 Å². The Labute approximate surface area is 106 Å². The lowest BCUT2D eigenvalue weighted by molar-refractivity contribution is 1.07. The van der Waals surface area contributed by atoms with Gasteiger partial charge in [0.15, 0.2) is 0 Å². The van der Waals surface area contributed by atoms with E-state index in [0.717, 1.165) is 11.3 Å². The Morgan fingerprint density at radius 1 is 1.00 bits per heavy atom. The maximum absolute atomic E-state index is 9.02. The molecule has 0 amide bonds. The number of rotatable bonds is 3. The van der Waals surface area contributed by atoms with Crippen molar-refractivity contribution in [2.24, 2.45) is 4.99 Å². The van der Waals surface area contributed by atoms with Crippen LogP contribution in [0.2, 0.25) is 0 Å². The molecule has 0 radical (unpaired) electrons. The molecule has 88 valence electrons. The van der Waals surface area contributed by atoms with Crippen molar-refractivity contribution in [1.29, 1.82) is 5.26 Å². The zero-order valence-corrected chi connectivity index (χ0v) is 9.88. The zero-order chi connectivity index (χ0) is 12.6. The molecule has 0 heterocycles. The summed E-state index contributed by atoms with van der Waals surface area (Å²) < 4.78 is 0. The number of hydrogen-bond acceptors (Lipinski definition) is 2. The highest BCUT2D eigenvalue weighted by Crippen LogP contribution is 2.06. The first-order valence-corrected chi connectivity index (χ1v) is 5.69. The Balaban J connectivity index is 2.04. The summed E-state index contributed by atoms with van der Waals surface area (Å²) in [5.41, 5.74) is 1.95. The molecule has 18 heavy (non-hydrogen) atoms. The number of para-hydroxylation sites is 1. The van der Waals surface area contributed by atoms with Gasteiger partial charge in [0.25, 0.3) is 0 Å². The molecule has 3 nitrogen and oxygen atoms in total. The second-order valence-electron chi connectivity index (χ2n) is 3.75. The number of hydrogen-bond donors (Lipinski definition) is 1. The van der Waals surface area contributed by atoms with Crippen LogP contribution in [0.1, 0.15) is 5.56 Å². The van der Waals surface area contributed by atoms with E-state index in [1.807, 2.05) is 60.7 Å². The van der Waals surface area contributed by atoms with Gasteiger partial charge in [-0.25, -0.2) is 0 Å². The highest BCUT2D eigenvalue weighted by Gasteiger charge is 1.97. The lowest BCUT2D eigenvalue weighted by Crippen LogP contribution is -2.09. The third-order valence-electron chi connectivity index (χ3n) is 2.40. The standard InChI is InChI=1S/C15H13N3/c16-11-15(18-14-9-5-2-6-10-14)17-12-13-7-3-1-4-8-13/h1-10H,12H2,(H,17,18). The molecule has 0 saturated heterocycles. The first-order valence-electron chi connectivity index (χ1n) is 5.69. The topological polar surface area (TPSA) is 48.2 Å². The van der Waals surface area contributed by atoms with Crippen LogP contribution in [-0.2, 0) is 6.54 Å². The normalized spacial score (nSPS) is 10.7. The summed E-state index contributed by atoms with van der Waals surface area (Å²) in [4.78, 5) is 4.25. The Morgan fingerprint density at radius 2 is 1.61 bits per heavy atom. The molecule has 0 aliphatic carbocycles. The molecule has 0 atom stereocenters. The molecule has 0 bridgehead atoms. The maximum Gasteiger partial charge on any atom is 0.206 e. The lowest BCUT2D eigenvalue weighted by Gasteiger charge is -2.03. The zero-order valence-electron chi connectivity index (χ0n) is 9.88. The minimum atomic E-state index is 0.324. The number of amidine groups is 1. The van der Waals surface area contributed by atoms with Crippen LogP contribution in [0.15, 0.2) is 65.7 Å². The van der Waals surface area contributed by atoms with Gasteiger partial charge >= 0.3 is 0 Å². The predicted octanol–water partition coefficient (Wildman–Crippen LogP) is 3.22. The van der Waals surface area contributed by atoms with Crippen molar-refractivity contribution >= 4 is 11.5 Å². The average Bonchev–Trinajstić information content (AvgIpc) is 2.45. The van der Waals surface area contributed by atoms with E-state index in [9.17, 15) is 0 Å². The van der Waals surface area contributed by atoms with Crippen LogP contribution >= 0.6 is 0 Å². The Hall–Kier alpha value is -2.60. The van der Waals surface area contributed by atoms with E-state index in [-0.39, 0.29) is 0 Å². The minimum Gasteiger partial charge on any atom is -0.332 e. The molecular formula is C15H13N3. The number of nitrogens with one attached hydrogen (secondary N) is 1. The molecule has 2 rings (SSSR count). The molecule has 0 saturated carbocycles. The summed E-state index contributed by atoms with van der Waals surface area (Å²) in [6, 6.07) is 21.5. The fourth-order valence-electron chi connectivity index (χ4n) is 1.51. The van der Waals surface area contributed by atoms with E-state index in [1.54, 1.807) is 0 Å². The summed E-state index contributed by atoms with van der Waals surface area (Å²) in [7, 11) is 0. The van der Waals surface area contributed by atoms with Crippen LogP contribution < -0.4 is 5.32 Å². The van der Waals surface area contributed by atoms with Gasteiger partial charge < -0.3 is 5.32 Å². The van der Waals surface area contributed by atoms with E-state index in [0.29, 0.717) is 12.4 Å². The van der Waals surface area contributed by atoms with Gasteiger partial charge in [-0.3, -0.25) is 4.99 Å². The number of benzene rings is 2. The largest absolute Gasteiger partial charge is 0.332 e. The highest BCUT2D eigenvalue weighted by molar-refractivity contribution is 6.06. The van der Waals surface area contributed by atoms with Crippen molar-refractivity contribution in [3.05, 3.63) is 66.2 Å². The monoisotopic (exact) mass is 235 g/mol. The van der Waals surface area contributed by atoms with Crippen LogP contribution in [0.3, 0.4) is 0 Å². The number of aliphatic imine (C=N–C) groups is 1. The van der Waals surface area contributed by atoms with Crippen LogP contribution in [0.5, 0.6) is 0 Å². The van der Waals surface area contributed by atoms with Crippen LogP contribution in [-0.4, -0.2) is 5.84 Å². The minimum absolute atomic E-state index is 0.324. The maximum atomic E-state index is 9.02. The molecule has 2 aromatic carbocycles. The van der Waals surface area contributed by atoms with Crippen LogP contribution in [0, 0.1) is 11.3 Å². The fraction of sp³-hybridized carbons (Fsp3) is 0.0667. The summed E-state index contributed by atoms with van der Waals surface area (Å²) in [5.74, 6) is 0.324. The van der Waals surface area contributed by atoms with E-state index in [4.69, 9.17) is 5.26 Å². The van der Waals surface area contributed by atoms with E-state index < -0.39 is 0 Å². The molecule has 1 N–H and O–H groups in total. The number of nitriles is 1. The van der Waals surface area contributed by atoms with Gasteiger partial charge in [0.05, 0.1) is 6.54 Å². The SMILES string of the molecule is N#CC(=NCc1ccccc1)Nc1ccccc1. The van der Waals surface area contributed by atoms with Gasteiger partial charge in [-0.05, 0) is 17.7 Å². The summed E-state index contributed by atoms with van der Waals surface area (Å²) >= 11 is 0. The quantitative estimate of drug-likeness (QED) is 0.656. The average molecular weight is 235 g/mol. The van der Waals surface area contributed by atoms with Crippen molar-refractivity contribution in [1.82, 2.24) is 0 Å². The molecule has 0 unspecified atom stereocenters. The summed E-state index contributed by atoms with van der Waals surface area (Å²) in [6.45, 7) is 0.504. The first kappa shape index (κ1) is 11.9. The van der Waals surface area contributed by atoms with Gasteiger partial charge in [0, 0.05) is 5.69 Å². The summed E-state index contributed by atoms with van der Waals surface area (Å²) in [6.07, 6.45) is 0. The lowest BCUT2D eigenvalue weighted by atomic mass is 10.2. The number of anilines is 1. The van der Waals surface area contributed by atoms with Crippen molar-refractivity contribution in [3.8, 4) is 6.07 Å². The van der Waals surface area contributed by atoms with Crippen molar-refractivity contribution in [2.45, 2.75) is 6.54 Å².